The minimum atomic E-state index is -0.151. The van der Waals surface area contributed by atoms with Crippen LogP contribution in [0.1, 0.15) is 42.6 Å². The van der Waals surface area contributed by atoms with E-state index in [2.05, 4.69) is 15.3 Å². The lowest BCUT2D eigenvalue weighted by molar-refractivity contribution is -0.129. The van der Waals surface area contributed by atoms with Gasteiger partial charge in [-0.3, -0.25) is 4.79 Å². The van der Waals surface area contributed by atoms with Gasteiger partial charge in [-0.1, -0.05) is 6.07 Å². The molecule has 1 saturated heterocycles. The van der Waals surface area contributed by atoms with E-state index in [1.54, 1.807) is 30.7 Å². The molecule has 1 fully saturated rings. The maximum Gasteiger partial charge on any atom is 0.247 e. The molecule has 7 heteroatoms. The number of aryl methyl sites for hydroxylation is 1. The average Bonchev–Trinajstić information content (AvgIpc) is 3.26. The molecule has 0 aliphatic carbocycles. The van der Waals surface area contributed by atoms with Crippen molar-refractivity contribution in [1.82, 2.24) is 19.9 Å². The quantitative estimate of drug-likeness (QED) is 0.656. The van der Waals surface area contributed by atoms with Gasteiger partial charge in [0.25, 0.3) is 0 Å². The van der Waals surface area contributed by atoms with Crippen molar-refractivity contribution in [3.63, 3.8) is 0 Å². The summed E-state index contributed by atoms with van der Waals surface area (Å²) in [5.41, 5.74) is 0.845. The Morgan fingerprint density at radius 2 is 2.14 bits per heavy atom. The van der Waals surface area contributed by atoms with E-state index in [1.807, 2.05) is 42.2 Å². The Kier molecular flexibility index (Phi) is 5.65. The first-order valence-electron chi connectivity index (χ1n) is 9.75. The van der Waals surface area contributed by atoms with Gasteiger partial charge in [-0.15, -0.1) is 0 Å². The monoisotopic (exact) mass is 389 g/mol. The van der Waals surface area contributed by atoms with E-state index in [0.717, 1.165) is 30.8 Å². The Balaban J connectivity index is 1.57. The van der Waals surface area contributed by atoms with Crippen LogP contribution in [0.4, 0.5) is 11.6 Å². The third-order valence-electron chi connectivity index (χ3n) is 4.81. The van der Waals surface area contributed by atoms with Crippen molar-refractivity contribution >= 4 is 23.6 Å². The SMILES string of the molecule is Cc1cc(Nc2ccccn2)nc(C2CCCCN2C(=O)/C=C/c2ccco2)n1. The Morgan fingerprint density at radius 3 is 2.93 bits per heavy atom. The topological polar surface area (TPSA) is 84.2 Å². The van der Waals surface area contributed by atoms with Gasteiger partial charge in [-0.05, 0) is 56.5 Å². The molecular formula is C22H23N5O2. The molecule has 29 heavy (non-hydrogen) atoms. The van der Waals surface area contributed by atoms with Crippen molar-refractivity contribution in [2.24, 2.45) is 0 Å². The summed E-state index contributed by atoms with van der Waals surface area (Å²) >= 11 is 0. The average molecular weight is 389 g/mol. The Bertz CT molecular complexity index is 986. The number of aromatic nitrogens is 3. The lowest BCUT2D eigenvalue weighted by Crippen LogP contribution is -2.38. The van der Waals surface area contributed by atoms with Crippen molar-refractivity contribution in [2.75, 3.05) is 11.9 Å². The summed E-state index contributed by atoms with van der Waals surface area (Å²) < 4.78 is 5.27. The molecule has 4 rings (SSSR count). The molecule has 1 aliphatic heterocycles. The Labute approximate surface area is 169 Å². The van der Waals surface area contributed by atoms with Crippen molar-refractivity contribution in [2.45, 2.75) is 32.2 Å². The zero-order chi connectivity index (χ0) is 20.1. The second kappa shape index (κ2) is 8.68. The number of anilines is 2. The molecule has 0 saturated carbocycles. The van der Waals surface area contributed by atoms with Crippen LogP contribution < -0.4 is 5.32 Å². The fraction of sp³-hybridized carbons (Fsp3) is 0.273. The van der Waals surface area contributed by atoms with E-state index < -0.39 is 0 Å². The number of nitrogens with zero attached hydrogens (tertiary/aromatic N) is 4. The number of furan rings is 1. The highest BCUT2D eigenvalue weighted by Crippen LogP contribution is 2.30. The van der Waals surface area contributed by atoms with Crippen LogP contribution in [0.15, 0.2) is 59.4 Å². The molecule has 1 amide bonds. The van der Waals surface area contributed by atoms with E-state index in [9.17, 15) is 4.79 Å². The normalized spacial score (nSPS) is 16.9. The highest BCUT2D eigenvalue weighted by Gasteiger charge is 2.29. The van der Waals surface area contributed by atoms with Crippen molar-refractivity contribution < 1.29 is 9.21 Å². The standard InChI is InChI=1S/C22H23N5O2/c1-16-15-20(25-19-9-2-4-12-23-19)26-22(24-16)18-8-3-5-13-27(18)21(28)11-10-17-7-6-14-29-17/h2,4,6-7,9-12,14-15,18H,3,5,8,13H2,1H3,(H,23,24,25,26)/b11-10+. The summed E-state index contributed by atoms with van der Waals surface area (Å²) in [6.45, 7) is 2.62. The minimum absolute atomic E-state index is 0.0598. The van der Waals surface area contributed by atoms with E-state index >= 15 is 0 Å². The largest absolute Gasteiger partial charge is 0.465 e. The molecule has 0 radical (unpaired) electrons. The van der Waals surface area contributed by atoms with Crippen molar-refractivity contribution in [3.8, 4) is 0 Å². The Hall–Kier alpha value is -3.48. The summed E-state index contributed by atoms with van der Waals surface area (Å²) in [6.07, 6.45) is 9.42. The summed E-state index contributed by atoms with van der Waals surface area (Å²) in [7, 11) is 0. The van der Waals surface area contributed by atoms with E-state index in [4.69, 9.17) is 9.40 Å². The first-order valence-corrected chi connectivity index (χ1v) is 9.75. The number of piperidine rings is 1. The first-order chi connectivity index (χ1) is 14.2. The molecule has 4 heterocycles. The molecule has 1 atom stereocenters. The van der Waals surface area contributed by atoms with Gasteiger partial charge < -0.3 is 14.6 Å². The van der Waals surface area contributed by atoms with Crippen LogP contribution in [0.25, 0.3) is 6.08 Å². The molecule has 0 aromatic carbocycles. The van der Waals surface area contributed by atoms with Gasteiger partial charge in [0.2, 0.25) is 5.91 Å². The number of hydrogen-bond donors (Lipinski definition) is 1. The van der Waals surface area contributed by atoms with Crippen molar-refractivity contribution in [1.29, 1.82) is 0 Å². The number of amides is 1. The summed E-state index contributed by atoms with van der Waals surface area (Å²) in [4.78, 5) is 28.3. The number of nitrogens with one attached hydrogen (secondary N) is 1. The fourth-order valence-corrected chi connectivity index (χ4v) is 3.47. The van der Waals surface area contributed by atoms with Gasteiger partial charge in [0.1, 0.15) is 17.4 Å². The number of pyridine rings is 1. The number of hydrogen-bond acceptors (Lipinski definition) is 6. The highest BCUT2D eigenvalue weighted by molar-refractivity contribution is 5.91. The van der Waals surface area contributed by atoms with Crippen LogP contribution in [-0.2, 0) is 4.79 Å². The van der Waals surface area contributed by atoms with Gasteiger partial charge in [0.15, 0.2) is 5.82 Å². The second-order valence-electron chi connectivity index (χ2n) is 6.98. The number of likely N-dealkylation sites (tertiary alicyclic amines) is 1. The van der Waals surface area contributed by atoms with Gasteiger partial charge in [-0.25, -0.2) is 15.0 Å². The number of rotatable bonds is 5. The first kappa shape index (κ1) is 18.9. The molecule has 0 bridgehead atoms. The fourth-order valence-electron chi connectivity index (χ4n) is 3.47. The highest BCUT2D eigenvalue weighted by atomic mass is 16.3. The Morgan fingerprint density at radius 1 is 1.21 bits per heavy atom. The van der Waals surface area contributed by atoms with Crippen LogP contribution in [0.2, 0.25) is 0 Å². The maximum atomic E-state index is 12.9. The summed E-state index contributed by atoms with van der Waals surface area (Å²) in [5, 5.41) is 3.22. The lowest BCUT2D eigenvalue weighted by Gasteiger charge is -2.34. The molecule has 3 aromatic rings. The van der Waals surface area contributed by atoms with E-state index in [0.29, 0.717) is 23.9 Å². The smallest absolute Gasteiger partial charge is 0.247 e. The minimum Gasteiger partial charge on any atom is -0.465 e. The molecule has 3 aromatic heterocycles. The molecule has 0 spiro atoms. The van der Waals surface area contributed by atoms with Gasteiger partial charge in [0.05, 0.1) is 12.3 Å². The molecule has 1 aliphatic rings. The lowest BCUT2D eigenvalue weighted by atomic mass is 10.0. The van der Waals surface area contributed by atoms with Crippen LogP contribution >= 0.6 is 0 Å². The third-order valence-corrected chi connectivity index (χ3v) is 4.81. The molecule has 7 nitrogen and oxygen atoms in total. The van der Waals surface area contributed by atoms with Crippen LogP contribution in [-0.4, -0.2) is 32.3 Å². The third kappa shape index (κ3) is 4.68. The zero-order valence-corrected chi connectivity index (χ0v) is 16.3. The summed E-state index contributed by atoms with van der Waals surface area (Å²) in [6, 6.07) is 11.0. The van der Waals surface area contributed by atoms with Crippen molar-refractivity contribution in [3.05, 3.63) is 72.2 Å². The molecular weight excluding hydrogens is 366 g/mol. The predicted molar refractivity (Wildman–Crippen MR) is 110 cm³/mol. The van der Waals surface area contributed by atoms with E-state index in [-0.39, 0.29) is 11.9 Å². The van der Waals surface area contributed by atoms with E-state index in [1.165, 1.54) is 0 Å². The van der Waals surface area contributed by atoms with Crippen LogP contribution in [0.5, 0.6) is 0 Å². The second-order valence-corrected chi connectivity index (χ2v) is 6.98. The van der Waals surface area contributed by atoms with Crippen LogP contribution in [0.3, 0.4) is 0 Å². The predicted octanol–water partition coefficient (Wildman–Crippen LogP) is 4.28. The maximum absolute atomic E-state index is 12.9. The number of carbonyl (C=O) groups is 1. The number of carbonyl (C=O) groups excluding carboxylic acids is 1. The van der Waals surface area contributed by atoms with Crippen LogP contribution in [0, 0.1) is 6.92 Å². The molecule has 148 valence electrons. The molecule has 1 unspecified atom stereocenters. The molecule has 1 N–H and O–H groups in total. The van der Waals surface area contributed by atoms with Gasteiger partial charge >= 0.3 is 0 Å². The summed E-state index contributed by atoms with van der Waals surface area (Å²) in [5.74, 6) is 2.64. The zero-order valence-electron chi connectivity index (χ0n) is 16.3. The van der Waals surface area contributed by atoms with Gasteiger partial charge in [-0.2, -0.15) is 0 Å². The van der Waals surface area contributed by atoms with Gasteiger partial charge in [0, 0.05) is 30.6 Å².